The molecule has 0 spiro atoms. The highest BCUT2D eigenvalue weighted by Gasteiger charge is 2.28. The zero-order valence-corrected chi connectivity index (χ0v) is 14.6. The lowest BCUT2D eigenvalue weighted by molar-refractivity contribution is -0.155. The summed E-state index contributed by atoms with van der Waals surface area (Å²) >= 11 is 1.30. The second kappa shape index (κ2) is 8.79. The van der Waals surface area contributed by atoms with E-state index in [9.17, 15) is 14.4 Å². The quantitative estimate of drug-likeness (QED) is 0.768. The average molecular weight is 354 g/mol. The van der Waals surface area contributed by atoms with Crippen LogP contribution in [0.1, 0.15) is 23.5 Å². The molecule has 0 unspecified atom stereocenters. The molecule has 1 N–H and O–H groups in total. The van der Waals surface area contributed by atoms with Crippen molar-refractivity contribution in [3.63, 3.8) is 0 Å². The van der Waals surface area contributed by atoms with Gasteiger partial charge in [0, 0.05) is 13.1 Å². The molecule has 2 rings (SSSR count). The molecule has 0 saturated carbocycles. The Hall–Kier alpha value is -1.93. The summed E-state index contributed by atoms with van der Waals surface area (Å²) in [7, 11) is 0. The standard InChI is InChI=1S/C16H22N2O5S/c1-11(2)14(17-15(20)12-4-3-9-24-12)16(21)23-10-13(19)18-5-7-22-8-6-18/h3-4,9,11,14H,5-8,10H2,1-2H3,(H,17,20)/t14-/m1/s1. The van der Waals surface area contributed by atoms with E-state index in [4.69, 9.17) is 9.47 Å². The Kier molecular flexibility index (Phi) is 6.74. The summed E-state index contributed by atoms with van der Waals surface area (Å²) in [6.07, 6.45) is 0. The molecule has 2 heterocycles. The summed E-state index contributed by atoms with van der Waals surface area (Å²) in [6, 6.07) is 2.66. The van der Waals surface area contributed by atoms with Crippen molar-refractivity contribution in [3.8, 4) is 0 Å². The summed E-state index contributed by atoms with van der Waals surface area (Å²) in [5, 5.41) is 4.46. The Morgan fingerprint density at radius 3 is 2.62 bits per heavy atom. The summed E-state index contributed by atoms with van der Waals surface area (Å²) < 4.78 is 10.3. The van der Waals surface area contributed by atoms with Crippen LogP contribution in [-0.2, 0) is 19.1 Å². The minimum Gasteiger partial charge on any atom is -0.454 e. The predicted molar refractivity (Wildman–Crippen MR) is 88.8 cm³/mol. The van der Waals surface area contributed by atoms with E-state index in [1.165, 1.54) is 11.3 Å². The number of carbonyl (C=O) groups is 3. The predicted octanol–water partition coefficient (Wildman–Crippen LogP) is 0.904. The Bertz CT molecular complexity index is 567. The fraction of sp³-hybridized carbons (Fsp3) is 0.562. The molecule has 2 amide bonds. The maximum absolute atomic E-state index is 12.2. The van der Waals surface area contributed by atoms with Gasteiger partial charge in [0.05, 0.1) is 18.1 Å². The fourth-order valence-corrected chi connectivity index (χ4v) is 2.87. The zero-order valence-electron chi connectivity index (χ0n) is 13.8. The van der Waals surface area contributed by atoms with E-state index >= 15 is 0 Å². The van der Waals surface area contributed by atoms with E-state index < -0.39 is 12.0 Å². The van der Waals surface area contributed by atoms with Crippen molar-refractivity contribution < 1.29 is 23.9 Å². The third-order valence-electron chi connectivity index (χ3n) is 3.65. The molecule has 8 heteroatoms. The number of carbonyl (C=O) groups excluding carboxylic acids is 3. The first-order valence-corrected chi connectivity index (χ1v) is 8.73. The lowest BCUT2D eigenvalue weighted by Gasteiger charge is -2.27. The lowest BCUT2D eigenvalue weighted by Crippen LogP contribution is -2.47. The lowest BCUT2D eigenvalue weighted by atomic mass is 10.0. The number of nitrogens with zero attached hydrogens (tertiary/aromatic N) is 1. The largest absolute Gasteiger partial charge is 0.454 e. The normalized spacial score (nSPS) is 15.9. The zero-order chi connectivity index (χ0) is 17.5. The number of ether oxygens (including phenoxy) is 2. The summed E-state index contributed by atoms with van der Waals surface area (Å²) in [4.78, 5) is 38.5. The molecule has 1 atom stereocenters. The highest BCUT2D eigenvalue weighted by molar-refractivity contribution is 7.12. The van der Waals surface area contributed by atoms with E-state index in [0.717, 1.165) is 0 Å². The number of thiophene rings is 1. The van der Waals surface area contributed by atoms with Crippen molar-refractivity contribution in [2.75, 3.05) is 32.9 Å². The Morgan fingerprint density at radius 1 is 1.33 bits per heavy atom. The van der Waals surface area contributed by atoms with Crippen molar-refractivity contribution in [3.05, 3.63) is 22.4 Å². The Labute approximate surface area is 144 Å². The molecule has 0 bridgehead atoms. The third kappa shape index (κ3) is 5.04. The van der Waals surface area contributed by atoms with Gasteiger partial charge in [0.2, 0.25) is 0 Å². The van der Waals surface area contributed by atoms with Crippen molar-refractivity contribution in [2.45, 2.75) is 19.9 Å². The summed E-state index contributed by atoms with van der Waals surface area (Å²) in [6.45, 7) is 5.28. The summed E-state index contributed by atoms with van der Waals surface area (Å²) in [5.41, 5.74) is 0. The number of esters is 1. The van der Waals surface area contributed by atoms with Gasteiger partial charge >= 0.3 is 5.97 Å². The molecule has 0 aromatic carbocycles. The Balaban J connectivity index is 1.86. The van der Waals surface area contributed by atoms with Gasteiger partial charge in [0.1, 0.15) is 6.04 Å². The number of morpholine rings is 1. The molecule has 1 aliphatic rings. The number of hydrogen-bond acceptors (Lipinski definition) is 6. The maximum Gasteiger partial charge on any atom is 0.329 e. The second-order valence-corrected chi connectivity index (χ2v) is 6.72. The fourth-order valence-electron chi connectivity index (χ4n) is 2.24. The smallest absolute Gasteiger partial charge is 0.329 e. The van der Waals surface area contributed by atoms with Crippen molar-refractivity contribution in [1.82, 2.24) is 10.2 Å². The molecular weight excluding hydrogens is 332 g/mol. The number of hydrogen-bond donors (Lipinski definition) is 1. The number of amides is 2. The van der Waals surface area contributed by atoms with Crippen molar-refractivity contribution in [2.24, 2.45) is 5.92 Å². The molecular formula is C16H22N2O5S. The first-order chi connectivity index (χ1) is 11.5. The van der Waals surface area contributed by atoms with Crippen LogP contribution in [-0.4, -0.2) is 61.6 Å². The van der Waals surface area contributed by atoms with Crippen LogP contribution in [0.2, 0.25) is 0 Å². The van der Waals surface area contributed by atoms with Crippen molar-refractivity contribution in [1.29, 1.82) is 0 Å². The van der Waals surface area contributed by atoms with Crippen LogP contribution in [0.5, 0.6) is 0 Å². The van der Waals surface area contributed by atoms with Crippen LogP contribution in [0.15, 0.2) is 17.5 Å². The highest BCUT2D eigenvalue weighted by Crippen LogP contribution is 2.11. The summed E-state index contributed by atoms with van der Waals surface area (Å²) in [5.74, 6) is -1.32. The minimum absolute atomic E-state index is 0.153. The van der Waals surface area contributed by atoms with Gasteiger partial charge in [-0.15, -0.1) is 11.3 Å². The van der Waals surface area contributed by atoms with Crippen LogP contribution in [0.4, 0.5) is 0 Å². The van der Waals surface area contributed by atoms with E-state index in [1.54, 1.807) is 22.4 Å². The minimum atomic E-state index is -0.794. The molecule has 7 nitrogen and oxygen atoms in total. The molecule has 0 aliphatic carbocycles. The van der Waals surface area contributed by atoms with Gasteiger partial charge in [-0.1, -0.05) is 19.9 Å². The molecule has 1 saturated heterocycles. The molecule has 1 aliphatic heterocycles. The molecule has 132 valence electrons. The third-order valence-corrected chi connectivity index (χ3v) is 4.52. The van der Waals surface area contributed by atoms with Crippen molar-refractivity contribution >= 4 is 29.1 Å². The topological polar surface area (TPSA) is 84.9 Å². The molecule has 0 radical (unpaired) electrons. The van der Waals surface area contributed by atoms with Crippen LogP contribution in [0.3, 0.4) is 0 Å². The highest BCUT2D eigenvalue weighted by atomic mass is 32.1. The van der Waals surface area contributed by atoms with Gasteiger partial charge in [0.25, 0.3) is 11.8 Å². The Morgan fingerprint density at radius 2 is 2.04 bits per heavy atom. The molecule has 24 heavy (non-hydrogen) atoms. The van der Waals surface area contributed by atoms with Gasteiger partial charge in [-0.25, -0.2) is 4.79 Å². The molecule has 1 fully saturated rings. The maximum atomic E-state index is 12.2. The van der Waals surface area contributed by atoms with E-state index in [-0.39, 0.29) is 24.3 Å². The van der Waals surface area contributed by atoms with Gasteiger partial charge in [0.15, 0.2) is 6.61 Å². The average Bonchev–Trinajstić information content (AvgIpc) is 3.12. The van der Waals surface area contributed by atoms with Gasteiger partial charge < -0.3 is 19.7 Å². The van der Waals surface area contributed by atoms with E-state index in [1.807, 2.05) is 13.8 Å². The monoisotopic (exact) mass is 354 g/mol. The molecule has 1 aromatic heterocycles. The van der Waals surface area contributed by atoms with Gasteiger partial charge in [-0.05, 0) is 17.4 Å². The van der Waals surface area contributed by atoms with Crippen LogP contribution >= 0.6 is 11.3 Å². The van der Waals surface area contributed by atoms with E-state index in [0.29, 0.717) is 31.2 Å². The number of rotatable bonds is 6. The second-order valence-electron chi connectivity index (χ2n) is 5.77. The number of nitrogens with one attached hydrogen (secondary N) is 1. The first-order valence-electron chi connectivity index (χ1n) is 7.85. The first kappa shape index (κ1) is 18.4. The van der Waals surface area contributed by atoms with Crippen LogP contribution in [0, 0.1) is 5.92 Å². The van der Waals surface area contributed by atoms with Gasteiger partial charge in [-0.3, -0.25) is 9.59 Å². The van der Waals surface area contributed by atoms with Gasteiger partial charge in [-0.2, -0.15) is 0 Å². The molecule has 1 aromatic rings. The van der Waals surface area contributed by atoms with Crippen LogP contribution in [0.25, 0.3) is 0 Å². The van der Waals surface area contributed by atoms with E-state index in [2.05, 4.69) is 5.32 Å². The SMILES string of the molecule is CC(C)[C@@H](NC(=O)c1cccs1)C(=O)OCC(=O)N1CCOCC1. The van der Waals surface area contributed by atoms with Crippen LogP contribution < -0.4 is 5.32 Å².